The molecule has 0 saturated carbocycles. The molecule has 28 heavy (non-hydrogen) atoms. The summed E-state index contributed by atoms with van der Waals surface area (Å²) in [5.41, 5.74) is 1.59. The molecule has 0 unspecified atom stereocenters. The highest BCUT2D eigenvalue weighted by Gasteiger charge is 2.32. The van der Waals surface area contributed by atoms with E-state index >= 15 is 0 Å². The second-order valence-corrected chi connectivity index (χ2v) is 8.53. The monoisotopic (exact) mass is 408 g/mol. The maximum Gasteiger partial charge on any atom is 0.247 e. The number of fused-ring (bicyclic) bond motifs is 1. The normalized spacial score (nSPS) is 18.0. The molecular weight excluding hydrogens is 387 g/mol. The summed E-state index contributed by atoms with van der Waals surface area (Å²) in [6, 6.07) is 3.48. The second kappa shape index (κ2) is 7.61. The van der Waals surface area contributed by atoms with E-state index in [1.807, 2.05) is 4.90 Å². The lowest BCUT2D eigenvalue weighted by molar-refractivity contribution is 0.122. The Morgan fingerprint density at radius 2 is 2.00 bits per heavy atom. The summed E-state index contributed by atoms with van der Waals surface area (Å²) < 4.78 is 51.7. The summed E-state index contributed by atoms with van der Waals surface area (Å²) >= 11 is 0. The van der Waals surface area contributed by atoms with E-state index in [-0.39, 0.29) is 23.7 Å². The topological polar surface area (TPSA) is 84.9 Å². The van der Waals surface area contributed by atoms with Gasteiger partial charge in [-0.2, -0.15) is 4.31 Å². The van der Waals surface area contributed by atoms with Crippen LogP contribution in [-0.2, 0) is 27.7 Å². The highest BCUT2D eigenvalue weighted by Crippen LogP contribution is 2.30. The van der Waals surface area contributed by atoms with Crippen LogP contribution in [0.15, 0.2) is 29.3 Å². The van der Waals surface area contributed by atoms with E-state index in [2.05, 4.69) is 9.97 Å². The van der Waals surface area contributed by atoms with Gasteiger partial charge in [-0.3, -0.25) is 0 Å². The van der Waals surface area contributed by atoms with Gasteiger partial charge in [-0.1, -0.05) is 0 Å². The van der Waals surface area contributed by atoms with Crippen LogP contribution in [0.5, 0.6) is 5.75 Å². The minimum absolute atomic E-state index is 0.108. The number of methoxy groups -OCH3 is 1. The fourth-order valence-corrected chi connectivity index (χ4v) is 4.95. The largest absolute Gasteiger partial charge is 0.495 e. The Morgan fingerprint density at radius 3 is 2.75 bits per heavy atom. The minimum Gasteiger partial charge on any atom is -0.495 e. The molecule has 2 aromatic rings. The third-order valence-corrected chi connectivity index (χ3v) is 6.80. The first-order chi connectivity index (χ1) is 13.5. The van der Waals surface area contributed by atoms with Crippen LogP contribution in [0.4, 0.5) is 10.3 Å². The number of hydrogen-bond acceptors (Lipinski definition) is 7. The fourth-order valence-electron chi connectivity index (χ4n) is 3.38. The predicted octanol–water partition coefficient (Wildman–Crippen LogP) is 1.21. The number of morpholine rings is 1. The Morgan fingerprint density at radius 1 is 1.21 bits per heavy atom. The molecule has 1 fully saturated rings. The average Bonchev–Trinajstić information content (AvgIpc) is 2.73. The smallest absolute Gasteiger partial charge is 0.247 e. The van der Waals surface area contributed by atoms with Gasteiger partial charge in [0.2, 0.25) is 16.0 Å². The number of benzene rings is 1. The zero-order valence-electron chi connectivity index (χ0n) is 15.5. The molecule has 150 valence electrons. The Balaban J connectivity index is 1.63. The summed E-state index contributed by atoms with van der Waals surface area (Å²) in [5, 5.41) is 0. The van der Waals surface area contributed by atoms with E-state index in [1.165, 1.54) is 23.5 Å². The van der Waals surface area contributed by atoms with E-state index < -0.39 is 15.8 Å². The fraction of sp³-hybridized carbons (Fsp3) is 0.444. The zero-order valence-corrected chi connectivity index (χ0v) is 16.3. The Hall–Kier alpha value is -2.30. The van der Waals surface area contributed by atoms with E-state index in [0.29, 0.717) is 44.4 Å². The van der Waals surface area contributed by atoms with Crippen LogP contribution in [0.2, 0.25) is 0 Å². The van der Waals surface area contributed by atoms with Gasteiger partial charge in [-0.05, 0) is 30.2 Å². The van der Waals surface area contributed by atoms with Gasteiger partial charge >= 0.3 is 0 Å². The lowest BCUT2D eigenvalue weighted by Crippen LogP contribution is -2.39. The molecule has 1 aromatic carbocycles. The van der Waals surface area contributed by atoms with Crippen molar-refractivity contribution < 1.29 is 22.3 Å². The molecule has 10 heteroatoms. The van der Waals surface area contributed by atoms with E-state index in [1.54, 1.807) is 6.20 Å². The summed E-state index contributed by atoms with van der Waals surface area (Å²) in [7, 11) is -2.57. The lowest BCUT2D eigenvalue weighted by atomic mass is 10.1. The van der Waals surface area contributed by atoms with Crippen molar-refractivity contribution >= 4 is 16.0 Å². The zero-order chi connectivity index (χ0) is 19.7. The molecule has 1 aromatic heterocycles. The number of halogens is 1. The van der Waals surface area contributed by atoms with Crippen molar-refractivity contribution in [1.29, 1.82) is 0 Å². The molecule has 8 nitrogen and oxygen atoms in total. The molecule has 2 aliphatic rings. The van der Waals surface area contributed by atoms with Crippen LogP contribution in [0.1, 0.15) is 11.3 Å². The first-order valence-electron chi connectivity index (χ1n) is 9.00. The van der Waals surface area contributed by atoms with Crippen LogP contribution in [-0.4, -0.2) is 62.6 Å². The lowest BCUT2D eigenvalue weighted by Gasteiger charge is -2.30. The first-order valence-corrected chi connectivity index (χ1v) is 10.4. The van der Waals surface area contributed by atoms with Gasteiger partial charge in [0, 0.05) is 25.8 Å². The number of ether oxygens (including phenoxy) is 2. The predicted molar refractivity (Wildman–Crippen MR) is 99.3 cm³/mol. The van der Waals surface area contributed by atoms with Gasteiger partial charge in [0.15, 0.2) is 0 Å². The van der Waals surface area contributed by atoms with E-state index in [0.717, 1.165) is 11.6 Å². The standard InChI is InChI=1S/C18H21FN4O4S/c1-26-16-3-2-14(19)10-17(16)28(24,25)23-5-4-13-11-20-18(21-15(13)12-23)22-6-8-27-9-7-22/h2-3,10-11H,4-9,12H2,1H3. The summed E-state index contributed by atoms with van der Waals surface area (Å²) in [5.74, 6) is 0.0576. The average molecular weight is 408 g/mol. The highest BCUT2D eigenvalue weighted by atomic mass is 32.2. The van der Waals surface area contributed by atoms with Gasteiger partial charge < -0.3 is 14.4 Å². The van der Waals surface area contributed by atoms with Crippen molar-refractivity contribution in [2.45, 2.75) is 17.9 Å². The van der Waals surface area contributed by atoms with Crippen LogP contribution < -0.4 is 9.64 Å². The number of sulfonamides is 1. The van der Waals surface area contributed by atoms with Crippen molar-refractivity contribution in [2.75, 3.05) is 44.9 Å². The van der Waals surface area contributed by atoms with Gasteiger partial charge in [0.05, 0.1) is 32.6 Å². The van der Waals surface area contributed by atoms with Crippen molar-refractivity contribution in [3.63, 3.8) is 0 Å². The number of rotatable bonds is 4. The summed E-state index contributed by atoms with van der Waals surface area (Å²) in [6.07, 6.45) is 2.26. The molecule has 0 radical (unpaired) electrons. The minimum atomic E-state index is -3.93. The highest BCUT2D eigenvalue weighted by molar-refractivity contribution is 7.89. The summed E-state index contributed by atoms with van der Waals surface area (Å²) in [4.78, 5) is 10.9. The summed E-state index contributed by atoms with van der Waals surface area (Å²) in [6.45, 7) is 3.00. The molecule has 0 aliphatic carbocycles. The van der Waals surface area contributed by atoms with Crippen molar-refractivity contribution in [1.82, 2.24) is 14.3 Å². The van der Waals surface area contributed by atoms with Gasteiger partial charge in [-0.25, -0.2) is 22.8 Å². The molecule has 0 amide bonds. The maximum atomic E-state index is 13.7. The van der Waals surface area contributed by atoms with Crippen LogP contribution >= 0.6 is 0 Å². The van der Waals surface area contributed by atoms with Crippen LogP contribution in [0.3, 0.4) is 0 Å². The third kappa shape index (κ3) is 3.54. The van der Waals surface area contributed by atoms with E-state index in [9.17, 15) is 12.8 Å². The molecule has 4 rings (SSSR count). The number of aromatic nitrogens is 2. The molecule has 0 spiro atoms. The van der Waals surface area contributed by atoms with Gasteiger partial charge in [0.25, 0.3) is 0 Å². The first kappa shape index (κ1) is 19.0. The second-order valence-electron chi connectivity index (χ2n) is 6.63. The SMILES string of the molecule is COc1ccc(F)cc1S(=O)(=O)N1CCc2cnc(N3CCOCC3)nc2C1. The van der Waals surface area contributed by atoms with Crippen molar-refractivity contribution in [3.8, 4) is 5.75 Å². The van der Waals surface area contributed by atoms with Crippen LogP contribution in [0.25, 0.3) is 0 Å². The molecule has 0 N–H and O–H groups in total. The van der Waals surface area contributed by atoms with Crippen LogP contribution in [0, 0.1) is 5.82 Å². The Bertz CT molecular complexity index is 980. The molecule has 3 heterocycles. The van der Waals surface area contributed by atoms with Gasteiger partial charge in [0.1, 0.15) is 16.5 Å². The number of nitrogens with zero attached hydrogens (tertiary/aromatic N) is 4. The molecular formula is C18H21FN4O4S. The number of hydrogen-bond donors (Lipinski definition) is 0. The maximum absolute atomic E-state index is 13.7. The molecule has 1 saturated heterocycles. The molecule has 2 aliphatic heterocycles. The molecule has 0 bridgehead atoms. The molecule has 0 atom stereocenters. The Labute approximate surface area is 163 Å². The third-order valence-electron chi connectivity index (χ3n) is 4.94. The van der Waals surface area contributed by atoms with E-state index in [4.69, 9.17) is 9.47 Å². The Kier molecular flexibility index (Phi) is 5.17. The quantitative estimate of drug-likeness (QED) is 0.752. The van der Waals surface area contributed by atoms with Crippen molar-refractivity contribution in [2.24, 2.45) is 0 Å². The number of anilines is 1. The van der Waals surface area contributed by atoms with Gasteiger partial charge in [-0.15, -0.1) is 0 Å². The van der Waals surface area contributed by atoms with Crippen molar-refractivity contribution in [3.05, 3.63) is 41.5 Å².